The van der Waals surface area contributed by atoms with Crippen LogP contribution in [0.25, 0.3) is 0 Å². The molecule has 2 rings (SSSR count). The molecule has 0 aromatic carbocycles. The van der Waals surface area contributed by atoms with Gasteiger partial charge in [-0.2, -0.15) is 0 Å². The second-order valence-corrected chi connectivity index (χ2v) is 6.06. The van der Waals surface area contributed by atoms with Crippen LogP contribution in [0.5, 0.6) is 0 Å². The van der Waals surface area contributed by atoms with E-state index in [1.807, 2.05) is 11.3 Å². The van der Waals surface area contributed by atoms with Crippen LogP contribution in [-0.4, -0.2) is 43.7 Å². The Hall–Kier alpha value is -0.420. The van der Waals surface area contributed by atoms with Crippen molar-refractivity contribution in [3.8, 4) is 0 Å². The van der Waals surface area contributed by atoms with E-state index in [2.05, 4.69) is 42.0 Å². The zero-order chi connectivity index (χ0) is 12.3. The van der Waals surface area contributed by atoms with Gasteiger partial charge >= 0.3 is 0 Å². The summed E-state index contributed by atoms with van der Waals surface area (Å²) in [7, 11) is 0. The van der Waals surface area contributed by atoms with Crippen molar-refractivity contribution >= 4 is 11.3 Å². The highest BCUT2D eigenvalue weighted by Crippen LogP contribution is 2.26. The number of thiophene rings is 1. The molecule has 1 saturated heterocycles. The summed E-state index contributed by atoms with van der Waals surface area (Å²) in [5.41, 5.74) is 4.27. The Morgan fingerprint density at radius 2 is 2.18 bits per heavy atom. The molecule has 1 fully saturated rings. The van der Waals surface area contributed by atoms with Crippen LogP contribution >= 0.6 is 11.3 Å². The fourth-order valence-corrected chi connectivity index (χ4v) is 3.74. The van der Waals surface area contributed by atoms with E-state index in [0.717, 1.165) is 0 Å². The topological polar surface area (TPSA) is 35.3 Å². The van der Waals surface area contributed by atoms with Crippen molar-refractivity contribution in [2.45, 2.75) is 25.9 Å². The number of piperazine rings is 1. The second kappa shape index (κ2) is 5.96. The van der Waals surface area contributed by atoms with Crippen molar-refractivity contribution < 1.29 is 10.6 Å². The number of quaternary nitrogens is 2. The Labute approximate surface area is 108 Å². The molecule has 4 heteroatoms. The SMILES string of the molecule is CC[NH+]1CCN([C@H](c2cccs2)[C@H](C)[NH3+])CC1. The summed E-state index contributed by atoms with van der Waals surface area (Å²) in [5, 5.41) is 2.18. The molecule has 1 aromatic heterocycles. The number of rotatable bonds is 4. The highest BCUT2D eigenvalue weighted by molar-refractivity contribution is 7.10. The summed E-state index contributed by atoms with van der Waals surface area (Å²) in [6.07, 6.45) is 0. The minimum Gasteiger partial charge on any atom is -0.354 e. The summed E-state index contributed by atoms with van der Waals surface area (Å²) >= 11 is 1.87. The van der Waals surface area contributed by atoms with Crippen molar-refractivity contribution in [2.75, 3.05) is 32.7 Å². The zero-order valence-electron chi connectivity index (χ0n) is 11.0. The van der Waals surface area contributed by atoms with Gasteiger partial charge in [0.1, 0.15) is 6.04 Å². The molecule has 1 aromatic rings. The van der Waals surface area contributed by atoms with Gasteiger partial charge in [-0.1, -0.05) is 6.07 Å². The Morgan fingerprint density at radius 3 is 2.65 bits per heavy atom. The molecule has 96 valence electrons. The maximum absolute atomic E-state index is 4.27. The largest absolute Gasteiger partial charge is 0.354 e. The van der Waals surface area contributed by atoms with Crippen LogP contribution < -0.4 is 10.6 Å². The molecule has 2 heterocycles. The highest BCUT2D eigenvalue weighted by Gasteiger charge is 2.31. The molecule has 0 unspecified atom stereocenters. The van der Waals surface area contributed by atoms with Gasteiger partial charge in [0.15, 0.2) is 0 Å². The standard InChI is InChI=1S/C13H23N3S/c1-3-15-6-8-16(9-7-15)13(11(2)14)12-5-4-10-17-12/h4-5,10-11,13H,3,6-9,14H2,1-2H3/p+2/t11-,13-/m0/s1. The third-order valence-corrected chi connectivity index (χ3v) is 4.72. The van der Waals surface area contributed by atoms with Crippen molar-refractivity contribution in [2.24, 2.45) is 0 Å². The quantitative estimate of drug-likeness (QED) is 0.757. The summed E-state index contributed by atoms with van der Waals surface area (Å²) in [4.78, 5) is 5.85. The highest BCUT2D eigenvalue weighted by atomic mass is 32.1. The lowest BCUT2D eigenvalue weighted by atomic mass is 10.1. The van der Waals surface area contributed by atoms with Crippen LogP contribution in [-0.2, 0) is 0 Å². The Bertz CT molecular complexity index is 315. The minimum atomic E-state index is 0.455. The molecule has 0 spiro atoms. The van der Waals surface area contributed by atoms with Gasteiger partial charge in [-0.3, -0.25) is 4.90 Å². The first-order valence-electron chi connectivity index (χ1n) is 6.66. The lowest BCUT2D eigenvalue weighted by Gasteiger charge is -2.37. The van der Waals surface area contributed by atoms with Crippen molar-refractivity contribution in [3.05, 3.63) is 22.4 Å². The Morgan fingerprint density at radius 1 is 1.47 bits per heavy atom. The number of nitrogens with zero attached hydrogens (tertiary/aromatic N) is 1. The van der Waals surface area contributed by atoms with Crippen molar-refractivity contribution in [1.82, 2.24) is 4.90 Å². The van der Waals surface area contributed by atoms with Crippen LogP contribution in [0.15, 0.2) is 17.5 Å². The van der Waals surface area contributed by atoms with E-state index < -0.39 is 0 Å². The summed E-state index contributed by atoms with van der Waals surface area (Å²) < 4.78 is 0. The number of hydrogen-bond acceptors (Lipinski definition) is 2. The summed E-state index contributed by atoms with van der Waals surface area (Å²) in [6, 6.07) is 5.39. The number of likely N-dealkylation sites (N-methyl/N-ethyl adjacent to an activating group) is 1. The molecule has 3 nitrogen and oxygen atoms in total. The monoisotopic (exact) mass is 255 g/mol. The van der Waals surface area contributed by atoms with Gasteiger partial charge < -0.3 is 10.6 Å². The summed E-state index contributed by atoms with van der Waals surface area (Å²) in [6.45, 7) is 10.8. The van der Waals surface area contributed by atoms with E-state index in [1.165, 1.54) is 37.6 Å². The van der Waals surface area contributed by atoms with E-state index in [4.69, 9.17) is 0 Å². The third-order valence-electron chi connectivity index (χ3n) is 3.77. The molecule has 1 aliphatic heterocycles. The fourth-order valence-electron chi connectivity index (χ4n) is 2.75. The second-order valence-electron chi connectivity index (χ2n) is 5.08. The lowest BCUT2D eigenvalue weighted by Crippen LogP contribution is -3.14. The average molecular weight is 255 g/mol. The Kier molecular flexibility index (Phi) is 4.56. The minimum absolute atomic E-state index is 0.455. The van der Waals surface area contributed by atoms with E-state index in [-0.39, 0.29) is 0 Å². The van der Waals surface area contributed by atoms with Gasteiger partial charge in [-0.15, -0.1) is 11.3 Å². The van der Waals surface area contributed by atoms with Crippen molar-refractivity contribution in [3.63, 3.8) is 0 Å². The molecule has 0 amide bonds. The van der Waals surface area contributed by atoms with Gasteiger partial charge in [-0.25, -0.2) is 0 Å². The fraction of sp³-hybridized carbons (Fsp3) is 0.692. The molecule has 2 atom stereocenters. The third kappa shape index (κ3) is 3.07. The van der Waals surface area contributed by atoms with Gasteiger partial charge in [0, 0.05) is 18.0 Å². The number of hydrogen-bond donors (Lipinski definition) is 2. The molecule has 4 N–H and O–H groups in total. The zero-order valence-corrected chi connectivity index (χ0v) is 11.8. The van der Waals surface area contributed by atoms with Gasteiger partial charge in [0.2, 0.25) is 0 Å². The first-order valence-corrected chi connectivity index (χ1v) is 7.54. The molecular formula is C13H25N3S+2. The molecule has 17 heavy (non-hydrogen) atoms. The smallest absolute Gasteiger partial charge is 0.102 e. The van der Waals surface area contributed by atoms with Gasteiger partial charge in [0.05, 0.1) is 25.7 Å². The van der Waals surface area contributed by atoms with E-state index >= 15 is 0 Å². The van der Waals surface area contributed by atoms with Gasteiger partial charge in [0.25, 0.3) is 0 Å². The maximum Gasteiger partial charge on any atom is 0.102 e. The van der Waals surface area contributed by atoms with Crippen LogP contribution in [0.2, 0.25) is 0 Å². The molecule has 1 aliphatic rings. The number of nitrogens with one attached hydrogen (secondary N) is 1. The molecule has 0 saturated carbocycles. The van der Waals surface area contributed by atoms with Crippen LogP contribution in [0, 0.1) is 0 Å². The normalized spacial score (nSPS) is 22.5. The van der Waals surface area contributed by atoms with E-state index in [0.29, 0.717) is 12.1 Å². The first-order chi connectivity index (χ1) is 8.22. The Balaban J connectivity index is 2.03. The lowest BCUT2D eigenvalue weighted by molar-refractivity contribution is -0.903. The average Bonchev–Trinajstić information content (AvgIpc) is 2.83. The predicted molar refractivity (Wildman–Crippen MR) is 72.2 cm³/mol. The summed E-state index contributed by atoms with van der Waals surface area (Å²) in [5.74, 6) is 0. The predicted octanol–water partition coefficient (Wildman–Crippen LogP) is -0.360. The molecule has 0 radical (unpaired) electrons. The maximum atomic E-state index is 4.27. The van der Waals surface area contributed by atoms with Crippen molar-refractivity contribution in [1.29, 1.82) is 0 Å². The van der Waals surface area contributed by atoms with Crippen LogP contribution in [0.4, 0.5) is 0 Å². The van der Waals surface area contributed by atoms with Gasteiger partial charge in [-0.05, 0) is 25.3 Å². The molecule has 0 bridgehead atoms. The first kappa shape index (κ1) is 13.0. The molecular weight excluding hydrogens is 230 g/mol. The van der Waals surface area contributed by atoms with Crippen LogP contribution in [0.1, 0.15) is 24.8 Å². The van der Waals surface area contributed by atoms with E-state index in [1.54, 1.807) is 4.90 Å². The van der Waals surface area contributed by atoms with Crippen LogP contribution in [0.3, 0.4) is 0 Å². The van der Waals surface area contributed by atoms with E-state index in [9.17, 15) is 0 Å². The molecule has 0 aliphatic carbocycles.